The largest absolute Gasteiger partial charge is 0.310 e. The Kier molecular flexibility index (Phi) is 6.77. The lowest BCUT2D eigenvalue weighted by Crippen LogP contribution is -2.24. The second kappa shape index (κ2) is 8.85. The van der Waals surface area contributed by atoms with Crippen molar-refractivity contribution in [2.24, 2.45) is 0 Å². The summed E-state index contributed by atoms with van der Waals surface area (Å²) in [6.07, 6.45) is 3.94. The van der Waals surface area contributed by atoms with Crippen molar-refractivity contribution in [3.05, 3.63) is 59.9 Å². The van der Waals surface area contributed by atoms with Crippen LogP contribution in [0, 0.1) is 0 Å². The summed E-state index contributed by atoms with van der Waals surface area (Å²) < 4.78 is 0. The van der Waals surface area contributed by atoms with Gasteiger partial charge in [-0.1, -0.05) is 32.0 Å². The lowest BCUT2D eigenvalue weighted by atomic mass is 10.0. The minimum atomic E-state index is 0.334. The molecule has 112 valence electrons. The molecule has 0 spiro atoms. The van der Waals surface area contributed by atoms with Gasteiger partial charge >= 0.3 is 0 Å². The Labute approximate surface area is 132 Å². The van der Waals surface area contributed by atoms with Gasteiger partial charge in [0, 0.05) is 29.2 Å². The third-order valence-electron chi connectivity index (χ3n) is 3.37. The first kappa shape index (κ1) is 16.1. The molecule has 1 atom stereocenters. The Hall–Kier alpha value is -1.32. The standard InChI is InChI=1S/C18H24N2S/c1-3-12-20-18(14-16-7-5-6-13-19-16)15-8-10-17(11-9-15)21-4-2/h5-11,13,18,20H,3-4,12,14H2,1-2H3. The molecule has 1 aromatic heterocycles. The van der Waals surface area contributed by atoms with E-state index in [4.69, 9.17) is 0 Å². The molecule has 1 N–H and O–H groups in total. The van der Waals surface area contributed by atoms with Gasteiger partial charge < -0.3 is 5.32 Å². The second-order valence-corrected chi connectivity index (χ2v) is 6.37. The molecule has 0 bridgehead atoms. The van der Waals surface area contributed by atoms with E-state index >= 15 is 0 Å². The number of hydrogen-bond acceptors (Lipinski definition) is 3. The minimum absolute atomic E-state index is 0.334. The summed E-state index contributed by atoms with van der Waals surface area (Å²) in [6, 6.07) is 15.4. The van der Waals surface area contributed by atoms with Gasteiger partial charge in [0.15, 0.2) is 0 Å². The van der Waals surface area contributed by atoms with Gasteiger partial charge in [-0.3, -0.25) is 4.98 Å². The molecule has 0 fully saturated rings. The number of nitrogens with zero attached hydrogens (tertiary/aromatic N) is 1. The van der Waals surface area contributed by atoms with Crippen molar-refractivity contribution in [1.82, 2.24) is 10.3 Å². The summed E-state index contributed by atoms with van der Waals surface area (Å²) in [5.74, 6) is 1.12. The van der Waals surface area contributed by atoms with E-state index in [1.165, 1.54) is 10.5 Å². The van der Waals surface area contributed by atoms with Crippen LogP contribution in [0.2, 0.25) is 0 Å². The maximum atomic E-state index is 4.45. The smallest absolute Gasteiger partial charge is 0.0422 e. The van der Waals surface area contributed by atoms with E-state index in [1.54, 1.807) is 0 Å². The highest BCUT2D eigenvalue weighted by atomic mass is 32.2. The first-order valence-electron chi connectivity index (χ1n) is 7.69. The number of pyridine rings is 1. The van der Waals surface area contributed by atoms with Gasteiger partial charge in [-0.2, -0.15) is 0 Å². The van der Waals surface area contributed by atoms with Crippen LogP contribution in [0.15, 0.2) is 53.6 Å². The lowest BCUT2D eigenvalue weighted by Gasteiger charge is -2.19. The summed E-state index contributed by atoms with van der Waals surface area (Å²) in [5, 5.41) is 3.64. The molecule has 1 unspecified atom stereocenters. The molecule has 3 heteroatoms. The van der Waals surface area contributed by atoms with Gasteiger partial charge in [0.2, 0.25) is 0 Å². The predicted octanol–water partition coefficient (Wildman–Crippen LogP) is 4.48. The van der Waals surface area contributed by atoms with Crippen LogP contribution in [-0.2, 0) is 6.42 Å². The molecule has 2 nitrogen and oxygen atoms in total. The van der Waals surface area contributed by atoms with Crippen LogP contribution in [0.25, 0.3) is 0 Å². The summed E-state index contributed by atoms with van der Waals surface area (Å²) in [4.78, 5) is 5.80. The van der Waals surface area contributed by atoms with Crippen LogP contribution in [0.4, 0.5) is 0 Å². The fourth-order valence-corrected chi connectivity index (χ4v) is 2.98. The van der Waals surface area contributed by atoms with E-state index in [1.807, 2.05) is 24.0 Å². The van der Waals surface area contributed by atoms with E-state index in [0.29, 0.717) is 6.04 Å². The highest BCUT2D eigenvalue weighted by Crippen LogP contribution is 2.22. The number of nitrogens with one attached hydrogen (secondary N) is 1. The first-order chi connectivity index (χ1) is 10.3. The van der Waals surface area contributed by atoms with Crippen LogP contribution in [-0.4, -0.2) is 17.3 Å². The average Bonchev–Trinajstić information content (AvgIpc) is 2.53. The monoisotopic (exact) mass is 300 g/mol. The van der Waals surface area contributed by atoms with Gasteiger partial charge in [-0.05, 0) is 48.5 Å². The van der Waals surface area contributed by atoms with Crippen LogP contribution in [0.5, 0.6) is 0 Å². The highest BCUT2D eigenvalue weighted by Gasteiger charge is 2.12. The molecule has 0 radical (unpaired) electrons. The fraction of sp³-hybridized carbons (Fsp3) is 0.389. The Bertz CT molecular complexity index is 511. The molecule has 0 saturated heterocycles. The quantitative estimate of drug-likeness (QED) is 0.728. The van der Waals surface area contributed by atoms with Crippen molar-refractivity contribution >= 4 is 11.8 Å². The number of rotatable bonds is 8. The Balaban J connectivity index is 2.11. The third kappa shape index (κ3) is 5.18. The van der Waals surface area contributed by atoms with Crippen molar-refractivity contribution in [2.45, 2.75) is 37.6 Å². The maximum absolute atomic E-state index is 4.45. The average molecular weight is 300 g/mol. The highest BCUT2D eigenvalue weighted by molar-refractivity contribution is 7.99. The number of aromatic nitrogens is 1. The summed E-state index contributed by atoms with van der Waals surface area (Å²) in [5.41, 5.74) is 2.48. The van der Waals surface area contributed by atoms with Crippen molar-refractivity contribution in [1.29, 1.82) is 0 Å². The molecule has 2 rings (SSSR count). The van der Waals surface area contributed by atoms with E-state index in [2.05, 4.69) is 60.5 Å². The maximum Gasteiger partial charge on any atom is 0.0422 e. The molecule has 0 aliphatic heterocycles. The molecule has 1 heterocycles. The van der Waals surface area contributed by atoms with E-state index < -0.39 is 0 Å². The zero-order valence-electron chi connectivity index (χ0n) is 12.9. The van der Waals surface area contributed by atoms with Gasteiger partial charge in [-0.15, -0.1) is 11.8 Å². The predicted molar refractivity (Wildman–Crippen MR) is 91.8 cm³/mol. The van der Waals surface area contributed by atoms with Gasteiger partial charge in [0.05, 0.1) is 0 Å². The molecule has 1 aromatic carbocycles. The van der Waals surface area contributed by atoms with Crippen molar-refractivity contribution in [3.63, 3.8) is 0 Å². The zero-order valence-corrected chi connectivity index (χ0v) is 13.7. The van der Waals surface area contributed by atoms with Crippen LogP contribution < -0.4 is 5.32 Å². The molecule has 0 aliphatic carbocycles. The summed E-state index contributed by atoms with van der Waals surface area (Å²) >= 11 is 1.88. The van der Waals surface area contributed by atoms with E-state index in [9.17, 15) is 0 Å². The molecule has 21 heavy (non-hydrogen) atoms. The molecule has 0 amide bonds. The zero-order chi connectivity index (χ0) is 14.9. The van der Waals surface area contributed by atoms with Gasteiger partial charge in [0.25, 0.3) is 0 Å². The molecule has 2 aromatic rings. The van der Waals surface area contributed by atoms with E-state index in [-0.39, 0.29) is 0 Å². The van der Waals surface area contributed by atoms with Crippen molar-refractivity contribution in [3.8, 4) is 0 Å². The number of benzene rings is 1. The first-order valence-corrected chi connectivity index (χ1v) is 8.68. The molecule has 0 aliphatic rings. The summed E-state index contributed by atoms with van der Waals surface area (Å²) in [7, 11) is 0. The number of hydrogen-bond donors (Lipinski definition) is 1. The van der Waals surface area contributed by atoms with Gasteiger partial charge in [-0.25, -0.2) is 0 Å². The van der Waals surface area contributed by atoms with Crippen LogP contribution in [0.3, 0.4) is 0 Å². The fourth-order valence-electron chi connectivity index (χ4n) is 2.32. The third-order valence-corrected chi connectivity index (χ3v) is 4.27. The van der Waals surface area contributed by atoms with Crippen molar-refractivity contribution < 1.29 is 0 Å². The van der Waals surface area contributed by atoms with Crippen LogP contribution >= 0.6 is 11.8 Å². The Morgan fingerprint density at radius 2 is 1.90 bits per heavy atom. The number of thioether (sulfide) groups is 1. The topological polar surface area (TPSA) is 24.9 Å². The molecule has 0 saturated carbocycles. The van der Waals surface area contributed by atoms with Crippen LogP contribution in [0.1, 0.15) is 37.6 Å². The molecular weight excluding hydrogens is 276 g/mol. The second-order valence-electron chi connectivity index (χ2n) is 5.03. The lowest BCUT2D eigenvalue weighted by molar-refractivity contribution is 0.524. The normalized spacial score (nSPS) is 12.3. The Morgan fingerprint density at radius 3 is 2.52 bits per heavy atom. The molecular formula is C18H24N2S. The summed E-state index contributed by atoms with van der Waals surface area (Å²) in [6.45, 7) is 5.42. The van der Waals surface area contributed by atoms with Gasteiger partial charge in [0.1, 0.15) is 0 Å². The SMILES string of the molecule is CCCNC(Cc1ccccn1)c1ccc(SCC)cc1. The Morgan fingerprint density at radius 1 is 1.10 bits per heavy atom. The van der Waals surface area contributed by atoms with E-state index in [0.717, 1.165) is 30.8 Å². The minimum Gasteiger partial charge on any atom is -0.310 e. The van der Waals surface area contributed by atoms with Crippen molar-refractivity contribution in [2.75, 3.05) is 12.3 Å².